The number of hydrogen-bond acceptors (Lipinski definition) is 5. The predicted octanol–water partition coefficient (Wildman–Crippen LogP) is 0.400. The molecule has 0 aromatic rings. The van der Waals surface area contributed by atoms with Crippen molar-refractivity contribution in [2.75, 3.05) is 19.7 Å². The molecule has 1 aliphatic heterocycles. The highest BCUT2D eigenvalue weighted by atomic mass is 32.2. The first-order chi connectivity index (χ1) is 8.25. The van der Waals surface area contributed by atoms with Crippen LogP contribution in [0.4, 0.5) is 8.78 Å². The van der Waals surface area contributed by atoms with E-state index in [1.54, 1.807) is 0 Å². The van der Waals surface area contributed by atoms with E-state index < -0.39 is 21.3 Å². The van der Waals surface area contributed by atoms with Crippen molar-refractivity contribution in [3.05, 3.63) is 0 Å². The van der Waals surface area contributed by atoms with Crippen LogP contribution in [0.2, 0.25) is 0 Å². The molecule has 1 aliphatic rings. The second kappa shape index (κ2) is 5.89. The topological polar surface area (TPSA) is 92.7 Å². The van der Waals surface area contributed by atoms with Crippen LogP contribution in [0.25, 0.3) is 0 Å². The molecule has 0 atom stereocenters. The summed E-state index contributed by atoms with van der Waals surface area (Å²) in [7, 11) is -5.77. The van der Waals surface area contributed by atoms with E-state index in [9.17, 15) is 22.0 Å². The first-order valence-electron chi connectivity index (χ1n) is 5.48. The van der Waals surface area contributed by atoms with Crippen LogP contribution < -0.4 is 5.32 Å². The highest BCUT2D eigenvalue weighted by Gasteiger charge is 2.54. The van der Waals surface area contributed by atoms with Crippen LogP contribution in [-0.4, -0.2) is 43.9 Å². The minimum atomic E-state index is -5.77. The van der Waals surface area contributed by atoms with Gasteiger partial charge >= 0.3 is 21.3 Å². The number of piperidine rings is 1. The molecule has 1 heterocycles. The Bertz CT molecular complexity index is 392. The molecule has 18 heavy (non-hydrogen) atoms. The second-order valence-electron chi connectivity index (χ2n) is 4.11. The zero-order valence-corrected chi connectivity index (χ0v) is 10.4. The van der Waals surface area contributed by atoms with Gasteiger partial charge in [-0.2, -0.15) is 17.2 Å². The number of carbonyl (C=O) groups is 1. The van der Waals surface area contributed by atoms with Gasteiger partial charge in [0.15, 0.2) is 0 Å². The highest BCUT2D eigenvalue weighted by Crippen LogP contribution is 2.23. The first-order valence-corrected chi connectivity index (χ1v) is 6.92. The Morgan fingerprint density at radius 2 is 1.94 bits per heavy atom. The van der Waals surface area contributed by atoms with Crippen molar-refractivity contribution in [2.24, 2.45) is 5.92 Å². The van der Waals surface area contributed by atoms with Crippen molar-refractivity contribution in [3.63, 3.8) is 0 Å². The molecule has 0 radical (unpaired) electrons. The van der Waals surface area contributed by atoms with Gasteiger partial charge in [0, 0.05) is 0 Å². The number of carbonyl (C=O) groups excluding carboxylic acids is 1. The smallest absolute Gasteiger partial charge is 0.460 e. The van der Waals surface area contributed by atoms with Gasteiger partial charge in [0.25, 0.3) is 0 Å². The molecule has 0 spiro atoms. The van der Waals surface area contributed by atoms with Gasteiger partial charge < -0.3 is 10.1 Å². The van der Waals surface area contributed by atoms with Crippen LogP contribution in [0, 0.1) is 5.92 Å². The fourth-order valence-electron chi connectivity index (χ4n) is 1.68. The van der Waals surface area contributed by atoms with Crippen molar-refractivity contribution >= 4 is 16.1 Å². The van der Waals surface area contributed by atoms with Crippen molar-refractivity contribution in [3.8, 4) is 0 Å². The largest absolute Gasteiger partial charge is 0.465 e. The molecule has 0 amide bonds. The lowest BCUT2D eigenvalue weighted by atomic mass is 9.95. The third kappa shape index (κ3) is 3.85. The van der Waals surface area contributed by atoms with E-state index in [-0.39, 0.29) is 12.5 Å². The third-order valence-corrected chi connectivity index (χ3v) is 3.59. The Balaban J connectivity index is 2.37. The van der Waals surface area contributed by atoms with Crippen molar-refractivity contribution < 1.29 is 31.3 Å². The van der Waals surface area contributed by atoms with Gasteiger partial charge in [0.1, 0.15) is 0 Å². The molecule has 9 heteroatoms. The summed E-state index contributed by atoms with van der Waals surface area (Å²) in [4.78, 5) is 10.8. The van der Waals surface area contributed by atoms with Gasteiger partial charge in [0.2, 0.25) is 0 Å². The van der Waals surface area contributed by atoms with Crippen LogP contribution in [-0.2, 0) is 19.6 Å². The van der Waals surface area contributed by atoms with Crippen LogP contribution in [0.5, 0.6) is 0 Å². The minimum Gasteiger partial charge on any atom is -0.460 e. The predicted molar refractivity (Wildman–Crippen MR) is 57.7 cm³/mol. The zero-order valence-electron chi connectivity index (χ0n) is 9.56. The van der Waals surface area contributed by atoms with E-state index in [4.69, 9.17) is 4.55 Å². The van der Waals surface area contributed by atoms with Gasteiger partial charge in [0.05, 0.1) is 6.61 Å². The summed E-state index contributed by atoms with van der Waals surface area (Å²) in [6.45, 7) is 1.36. The van der Waals surface area contributed by atoms with Gasteiger partial charge in [-0.25, -0.2) is 4.79 Å². The summed E-state index contributed by atoms with van der Waals surface area (Å²) in [6.07, 6.45) is 2.10. The Labute approximate surface area is 103 Å². The maximum absolute atomic E-state index is 12.8. The van der Waals surface area contributed by atoms with Crippen LogP contribution in [0.1, 0.15) is 19.3 Å². The molecule has 0 aromatic carbocycles. The summed E-state index contributed by atoms with van der Waals surface area (Å²) >= 11 is 0. The highest BCUT2D eigenvalue weighted by molar-refractivity contribution is 7.87. The molecule has 6 nitrogen and oxygen atoms in total. The average molecular weight is 287 g/mol. The average Bonchev–Trinajstić information content (AvgIpc) is 2.28. The maximum atomic E-state index is 12.8. The zero-order chi connectivity index (χ0) is 13.8. The fourth-order valence-corrected chi connectivity index (χ4v) is 1.95. The normalized spacial score (nSPS) is 18.6. The standard InChI is InChI=1S/C9H15F2NO5S/c10-9(11,18(14,15)16)8(13)17-6-3-7-1-4-12-5-2-7/h7,12H,1-6H2,(H,14,15,16). The molecular weight excluding hydrogens is 272 g/mol. The number of hydrogen-bond donors (Lipinski definition) is 2. The van der Waals surface area contributed by atoms with Gasteiger partial charge in [-0.15, -0.1) is 0 Å². The number of ether oxygens (including phenoxy) is 1. The summed E-state index contributed by atoms with van der Waals surface area (Å²) in [5.74, 6) is -1.97. The van der Waals surface area contributed by atoms with Crippen LogP contribution in [0.3, 0.4) is 0 Å². The number of rotatable bonds is 5. The lowest BCUT2D eigenvalue weighted by molar-refractivity contribution is -0.161. The second-order valence-corrected chi connectivity index (χ2v) is 5.57. The molecule has 0 aromatic heterocycles. The Kier molecular flexibility index (Phi) is 5.00. The van der Waals surface area contributed by atoms with E-state index >= 15 is 0 Å². The number of halogens is 2. The summed E-state index contributed by atoms with van der Waals surface area (Å²) < 4.78 is 58.4. The Morgan fingerprint density at radius 3 is 2.44 bits per heavy atom. The monoisotopic (exact) mass is 287 g/mol. The van der Waals surface area contributed by atoms with Gasteiger partial charge in [-0.3, -0.25) is 4.55 Å². The fraction of sp³-hybridized carbons (Fsp3) is 0.889. The molecule has 1 saturated heterocycles. The SMILES string of the molecule is O=C(OCCC1CCNCC1)C(F)(F)S(=O)(=O)O. The molecule has 106 valence electrons. The number of esters is 1. The Hall–Kier alpha value is -0.800. The first kappa shape index (κ1) is 15.3. The number of nitrogens with one attached hydrogen (secondary N) is 1. The van der Waals surface area contributed by atoms with Crippen molar-refractivity contribution in [2.45, 2.75) is 24.5 Å². The van der Waals surface area contributed by atoms with Gasteiger partial charge in [-0.05, 0) is 38.3 Å². The molecule has 1 fully saturated rings. The lowest BCUT2D eigenvalue weighted by Crippen LogP contribution is -2.39. The van der Waals surface area contributed by atoms with E-state index in [1.165, 1.54) is 0 Å². The van der Waals surface area contributed by atoms with Crippen molar-refractivity contribution in [1.29, 1.82) is 0 Å². The molecule has 2 N–H and O–H groups in total. The van der Waals surface area contributed by atoms with Crippen LogP contribution >= 0.6 is 0 Å². The summed E-state index contributed by atoms with van der Waals surface area (Å²) in [5.41, 5.74) is 0. The lowest BCUT2D eigenvalue weighted by Gasteiger charge is -2.22. The van der Waals surface area contributed by atoms with E-state index in [2.05, 4.69) is 10.1 Å². The molecule has 0 unspecified atom stereocenters. The van der Waals surface area contributed by atoms with E-state index in [0.717, 1.165) is 25.9 Å². The third-order valence-electron chi connectivity index (χ3n) is 2.78. The Morgan fingerprint density at radius 1 is 1.39 bits per heavy atom. The van der Waals surface area contributed by atoms with E-state index in [1.807, 2.05) is 0 Å². The number of alkyl halides is 2. The van der Waals surface area contributed by atoms with Crippen LogP contribution in [0.15, 0.2) is 0 Å². The maximum Gasteiger partial charge on any atom is 0.465 e. The van der Waals surface area contributed by atoms with Crippen molar-refractivity contribution in [1.82, 2.24) is 5.32 Å². The minimum absolute atomic E-state index is 0.262. The quantitative estimate of drug-likeness (QED) is 0.561. The molecular formula is C9H15F2NO5S. The molecule has 0 aliphatic carbocycles. The molecule has 0 bridgehead atoms. The molecule has 0 saturated carbocycles. The van der Waals surface area contributed by atoms with Gasteiger partial charge in [-0.1, -0.05) is 0 Å². The summed E-state index contributed by atoms with van der Waals surface area (Å²) in [6, 6.07) is 0. The summed E-state index contributed by atoms with van der Waals surface area (Å²) in [5, 5.41) is -1.78. The van der Waals surface area contributed by atoms with E-state index in [0.29, 0.717) is 6.42 Å². The molecule has 1 rings (SSSR count).